The number of rotatable bonds is 7. The van der Waals surface area contributed by atoms with Gasteiger partial charge in [-0.05, 0) is 30.7 Å². The monoisotopic (exact) mass is 509 g/mol. The average Bonchev–Trinajstić information content (AvgIpc) is 3.34. The van der Waals surface area contributed by atoms with Crippen LogP contribution in [0.2, 0.25) is 0 Å². The molecule has 0 bridgehead atoms. The van der Waals surface area contributed by atoms with E-state index in [2.05, 4.69) is 15.3 Å². The molecular formula is C21H22F2N5O6P. The second-order valence-corrected chi connectivity index (χ2v) is 9.95. The fourth-order valence-corrected chi connectivity index (χ4v) is 4.88. The second kappa shape index (κ2) is 8.29. The molecule has 1 unspecified atom stereocenters. The number of nitrogens with one attached hydrogen (secondary N) is 3. The van der Waals surface area contributed by atoms with Crippen molar-refractivity contribution in [3.63, 3.8) is 0 Å². The summed E-state index contributed by atoms with van der Waals surface area (Å²) in [6, 6.07) is 8.82. The number of carbonyl (C=O) groups excluding carboxylic acids is 1. The van der Waals surface area contributed by atoms with Gasteiger partial charge in [0.2, 0.25) is 0 Å². The minimum absolute atomic E-state index is 0.166. The van der Waals surface area contributed by atoms with Crippen molar-refractivity contribution in [2.24, 2.45) is 0 Å². The number of aromatic nitrogens is 2. The Morgan fingerprint density at radius 3 is 2.51 bits per heavy atom. The molecule has 0 saturated heterocycles. The van der Waals surface area contributed by atoms with Gasteiger partial charge in [0, 0.05) is 7.05 Å². The molecule has 1 aliphatic rings. The molecule has 35 heavy (non-hydrogen) atoms. The Labute approximate surface area is 197 Å². The number of hydrogen-bond donors (Lipinski definition) is 6. The van der Waals surface area contributed by atoms with E-state index in [1.807, 2.05) is 5.32 Å². The number of alkyl halides is 2. The number of halogens is 2. The minimum atomic E-state index is -4.92. The van der Waals surface area contributed by atoms with Crippen molar-refractivity contribution < 1.29 is 37.8 Å². The van der Waals surface area contributed by atoms with E-state index in [9.17, 15) is 29.0 Å². The summed E-state index contributed by atoms with van der Waals surface area (Å²) in [5, 5.41) is 13.8. The zero-order valence-electron chi connectivity index (χ0n) is 18.5. The van der Waals surface area contributed by atoms with Crippen LogP contribution in [0.15, 0.2) is 42.5 Å². The van der Waals surface area contributed by atoms with Crippen molar-refractivity contribution in [3.05, 3.63) is 53.9 Å². The molecule has 1 aromatic heterocycles. The van der Waals surface area contributed by atoms with Crippen molar-refractivity contribution in [2.45, 2.75) is 24.6 Å². The molecule has 1 aliphatic heterocycles. The first-order chi connectivity index (χ1) is 16.3. The molecule has 3 aromatic rings. The summed E-state index contributed by atoms with van der Waals surface area (Å²) in [7, 11) is -3.70. The Morgan fingerprint density at radius 1 is 1.23 bits per heavy atom. The van der Waals surface area contributed by atoms with Gasteiger partial charge in [-0.15, -0.1) is 0 Å². The number of H-pyrrole nitrogens is 1. The molecule has 0 aliphatic carbocycles. The number of amides is 1. The molecule has 186 valence electrons. The largest absolute Gasteiger partial charge is 0.480 e. The standard InChI is InChI=1S/C21H22F2N5O6P/c1-11-6-5-8-13-16(11)26-18(24-13)20(22,23)21(27-12-7-3-4-9-15(12)28(21)2)19(31)25-14(17(29)30)10-35(32,33)34/h3-9,14,27H,10H2,1-2H3,(H,24,26)(H,25,31)(H,29,30)(H2,32,33,34)/t14-,21?/m0/s1. The number of imidazole rings is 1. The number of carbonyl (C=O) groups is 2. The maximum Gasteiger partial charge on any atom is 0.354 e. The highest BCUT2D eigenvalue weighted by Crippen LogP contribution is 2.50. The van der Waals surface area contributed by atoms with Crippen LogP contribution in [0.25, 0.3) is 11.0 Å². The molecule has 6 N–H and O–H groups in total. The molecule has 2 heterocycles. The van der Waals surface area contributed by atoms with Crippen LogP contribution >= 0.6 is 7.60 Å². The van der Waals surface area contributed by atoms with Gasteiger partial charge in [-0.2, -0.15) is 8.78 Å². The van der Waals surface area contributed by atoms with Crippen LogP contribution in [-0.4, -0.2) is 61.7 Å². The minimum Gasteiger partial charge on any atom is -0.480 e. The number of aryl methyl sites for hydroxylation is 1. The summed E-state index contributed by atoms with van der Waals surface area (Å²) in [6.45, 7) is 1.68. The number of likely N-dealkylation sites (N-methyl/N-ethyl adjacent to an activating group) is 1. The van der Waals surface area contributed by atoms with Crippen molar-refractivity contribution in [1.29, 1.82) is 0 Å². The molecule has 1 amide bonds. The van der Waals surface area contributed by atoms with Crippen LogP contribution in [0.5, 0.6) is 0 Å². The van der Waals surface area contributed by atoms with E-state index >= 15 is 8.78 Å². The maximum absolute atomic E-state index is 16.4. The van der Waals surface area contributed by atoms with Crippen LogP contribution < -0.4 is 15.5 Å². The molecule has 14 heteroatoms. The molecule has 2 aromatic carbocycles. The van der Waals surface area contributed by atoms with E-state index in [1.165, 1.54) is 19.2 Å². The molecule has 0 fully saturated rings. The van der Waals surface area contributed by atoms with E-state index in [-0.39, 0.29) is 16.9 Å². The molecule has 2 atom stereocenters. The van der Waals surface area contributed by atoms with Crippen molar-refractivity contribution in [1.82, 2.24) is 15.3 Å². The van der Waals surface area contributed by atoms with Crippen LogP contribution in [0.4, 0.5) is 20.2 Å². The van der Waals surface area contributed by atoms with E-state index in [4.69, 9.17) is 0 Å². The highest BCUT2D eigenvalue weighted by molar-refractivity contribution is 7.51. The number of aliphatic carboxylic acids is 1. The van der Waals surface area contributed by atoms with Crippen molar-refractivity contribution in [3.8, 4) is 0 Å². The summed E-state index contributed by atoms with van der Waals surface area (Å²) >= 11 is 0. The van der Waals surface area contributed by atoms with Crippen LogP contribution in [0, 0.1) is 6.92 Å². The first-order valence-electron chi connectivity index (χ1n) is 10.3. The predicted octanol–water partition coefficient (Wildman–Crippen LogP) is 1.97. The Hall–Kier alpha value is -3.54. The molecule has 4 rings (SSSR count). The lowest BCUT2D eigenvalue weighted by molar-refractivity contribution is -0.149. The number of carboxylic acids is 1. The number of nitrogens with zero attached hydrogens (tertiary/aromatic N) is 2. The van der Waals surface area contributed by atoms with Crippen molar-refractivity contribution >= 4 is 41.9 Å². The van der Waals surface area contributed by atoms with E-state index < -0.39 is 49.1 Å². The number of anilines is 2. The van der Waals surface area contributed by atoms with Crippen molar-refractivity contribution in [2.75, 3.05) is 23.4 Å². The van der Waals surface area contributed by atoms with Crippen LogP contribution in [0.3, 0.4) is 0 Å². The van der Waals surface area contributed by atoms with E-state index in [0.29, 0.717) is 11.1 Å². The van der Waals surface area contributed by atoms with Gasteiger partial charge in [0.25, 0.3) is 11.6 Å². The first-order valence-corrected chi connectivity index (χ1v) is 12.1. The molecular weight excluding hydrogens is 487 g/mol. The quantitative estimate of drug-likeness (QED) is 0.261. The third kappa shape index (κ3) is 4.01. The average molecular weight is 509 g/mol. The maximum atomic E-state index is 16.4. The Kier molecular flexibility index (Phi) is 5.82. The SMILES string of the molecule is Cc1cccc2[nH]c(C(F)(F)C3(C(=O)N[C@@H](CP(=O)(O)O)C(=O)O)Nc4ccccc4N3C)nc12. The Bertz CT molecular complexity index is 1380. The van der Waals surface area contributed by atoms with E-state index in [1.54, 1.807) is 37.3 Å². The Morgan fingerprint density at radius 2 is 1.91 bits per heavy atom. The lowest BCUT2D eigenvalue weighted by Crippen LogP contribution is -2.70. The third-order valence-corrected chi connectivity index (χ3v) is 6.74. The normalized spacial score (nSPS) is 18.7. The van der Waals surface area contributed by atoms with Gasteiger partial charge >= 0.3 is 19.5 Å². The number of para-hydroxylation sites is 3. The topological polar surface area (TPSA) is 168 Å². The smallest absolute Gasteiger partial charge is 0.354 e. The fourth-order valence-electron chi connectivity index (χ4n) is 4.15. The van der Waals surface area contributed by atoms with Gasteiger partial charge in [0.05, 0.1) is 28.6 Å². The van der Waals surface area contributed by atoms with Gasteiger partial charge in [-0.3, -0.25) is 9.36 Å². The molecule has 0 saturated carbocycles. The number of benzene rings is 2. The highest BCUT2D eigenvalue weighted by Gasteiger charge is 2.68. The van der Waals surface area contributed by atoms with Gasteiger partial charge in [0.15, 0.2) is 5.82 Å². The summed E-state index contributed by atoms with van der Waals surface area (Å²) in [5.41, 5.74) is -1.36. The highest BCUT2D eigenvalue weighted by atomic mass is 31.2. The van der Waals surface area contributed by atoms with E-state index in [0.717, 1.165) is 4.90 Å². The van der Waals surface area contributed by atoms with Crippen LogP contribution in [0.1, 0.15) is 11.4 Å². The van der Waals surface area contributed by atoms with Gasteiger partial charge < -0.3 is 35.4 Å². The number of hydrogen-bond acceptors (Lipinski definition) is 6. The number of carboxylic acid groups (broad SMARTS) is 1. The summed E-state index contributed by atoms with van der Waals surface area (Å²) in [6.07, 6.45) is -1.28. The fraction of sp³-hybridized carbons (Fsp3) is 0.286. The number of aromatic amines is 1. The zero-order valence-corrected chi connectivity index (χ0v) is 19.4. The lowest BCUT2D eigenvalue weighted by atomic mass is 9.98. The molecule has 0 radical (unpaired) electrons. The summed E-state index contributed by atoms with van der Waals surface area (Å²) in [5.74, 6) is -8.26. The first kappa shape index (κ1) is 24.6. The second-order valence-electron chi connectivity index (χ2n) is 8.25. The Balaban J connectivity index is 1.85. The summed E-state index contributed by atoms with van der Waals surface area (Å²) in [4.78, 5) is 51.1. The third-order valence-electron chi connectivity index (χ3n) is 5.90. The zero-order chi connectivity index (χ0) is 25.8. The predicted molar refractivity (Wildman–Crippen MR) is 122 cm³/mol. The van der Waals surface area contributed by atoms with Gasteiger partial charge in [0.1, 0.15) is 6.04 Å². The molecule has 0 spiro atoms. The van der Waals surface area contributed by atoms with Gasteiger partial charge in [-0.25, -0.2) is 9.78 Å². The lowest BCUT2D eigenvalue weighted by Gasteiger charge is -2.41. The van der Waals surface area contributed by atoms with Gasteiger partial charge in [-0.1, -0.05) is 24.3 Å². The summed E-state index contributed by atoms with van der Waals surface area (Å²) < 4.78 is 44.2. The van der Waals surface area contributed by atoms with Crippen LogP contribution in [-0.2, 0) is 20.1 Å². The molecule has 11 nitrogen and oxygen atoms in total. The number of fused-ring (bicyclic) bond motifs is 2.